The van der Waals surface area contributed by atoms with Gasteiger partial charge in [-0.15, -0.1) is 0 Å². The maximum Gasteiger partial charge on any atom is 0.449 e. The second kappa shape index (κ2) is 20.2. The van der Waals surface area contributed by atoms with Crippen LogP contribution < -0.4 is 0 Å². The van der Waals surface area contributed by atoms with Crippen molar-refractivity contribution in [1.29, 1.82) is 0 Å². The van der Waals surface area contributed by atoms with Crippen molar-refractivity contribution in [2.45, 2.75) is 149 Å². The van der Waals surface area contributed by atoms with Crippen LogP contribution in [0.4, 0.5) is 13.2 Å². The van der Waals surface area contributed by atoms with Crippen LogP contribution in [-0.2, 0) is 16.0 Å². The van der Waals surface area contributed by atoms with Gasteiger partial charge in [-0.1, -0.05) is 135 Å². The van der Waals surface area contributed by atoms with Crippen LogP contribution in [0.2, 0.25) is 0 Å². The van der Waals surface area contributed by atoms with E-state index < -0.39 is 23.8 Å². The molecular formula is C33H53F3O2. The predicted octanol–water partition coefficient (Wildman–Crippen LogP) is 11.2. The lowest BCUT2D eigenvalue weighted by Gasteiger charge is -2.16. The molecule has 0 amide bonds. The first kappa shape index (κ1) is 34.2. The maximum atomic E-state index is 13.5. The zero-order valence-electron chi connectivity index (χ0n) is 24.5. The van der Waals surface area contributed by atoms with Gasteiger partial charge in [-0.25, -0.2) is 0 Å². The Morgan fingerprint density at radius 2 is 1.21 bits per heavy atom. The highest BCUT2D eigenvalue weighted by molar-refractivity contribution is 5.78. The lowest BCUT2D eigenvalue weighted by atomic mass is 9.97. The molecule has 38 heavy (non-hydrogen) atoms. The normalized spacial score (nSPS) is 13.2. The zero-order chi connectivity index (χ0) is 28.2. The molecule has 1 rings (SSSR count). The fourth-order valence-electron chi connectivity index (χ4n) is 4.71. The van der Waals surface area contributed by atoms with Gasteiger partial charge in [0.15, 0.2) is 0 Å². The molecule has 0 aliphatic rings. The monoisotopic (exact) mass is 538 g/mol. The van der Waals surface area contributed by atoms with Crippen molar-refractivity contribution in [2.75, 3.05) is 0 Å². The average molecular weight is 539 g/mol. The van der Waals surface area contributed by atoms with Crippen molar-refractivity contribution < 1.29 is 22.7 Å². The highest BCUT2D eigenvalue weighted by atomic mass is 19.4. The molecule has 0 spiro atoms. The fourth-order valence-corrected chi connectivity index (χ4v) is 4.71. The topological polar surface area (TPSA) is 26.3 Å². The molecule has 1 atom stereocenters. The summed E-state index contributed by atoms with van der Waals surface area (Å²) in [5.74, 6) is -2.32. The minimum absolute atomic E-state index is 0.263. The van der Waals surface area contributed by atoms with Crippen LogP contribution in [0.5, 0.6) is 0 Å². The minimum atomic E-state index is -4.67. The highest BCUT2D eigenvalue weighted by Gasteiger charge is 2.38. The molecule has 5 heteroatoms. The number of halogens is 3. The largest absolute Gasteiger partial charge is 0.449 e. The standard InChI is InChI=1S/C33H53F3O2/c1-5-6-7-8-9-10-11-12-13-14-15-16-17-18-19-20-21-31(33(34,35)36)38-32(37)28(4)30-24-22-29(23-25-30)26-27(2)3/h21-25,27-28H,5-20,26H2,1-4H3/b31-21+. The van der Waals surface area contributed by atoms with E-state index in [1.54, 1.807) is 19.1 Å². The Labute approximate surface area is 230 Å². The van der Waals surface area contributed by atoms with Gasteiger partial charge in [0, 0.05) is 0 Å². The summed E-state index contributed by atoms with van der Waals surface area (Å²) in [5, 5.41) is 0. The van der Waals surface area contributed by atoms with Gasteiger partial charge in [0.25, 0.3) is 0 Å². The number of benzene rings is 1. The Bertz CT molecular complexity index is 765. The van der Waals surface area contributed by atoms with Crippen LogP contribution >= 0.6 is 0 Å². The van der Waals surface area contributed by atoms with Gasteiger partial charge in [-0.05, 0) is 49.3 Å². The van der Waals surface area contributed by atoms with E-state index in [2.05, 4.69) is 20.8 Å². The Hall–Kier alpha value is -1.78. The predicted molar refractivity (Wildman–Crippen MR) is 153 cm³/mol. The number of unbranched alkanes of at least 4 members (excludes halogenated alkanes) is 15. The smallest absolute Gasteiger partial charge is 0.421 e. The van der Waals surface area contributed by atoms with E-state index in [-0.39, 0.29) is 6.42 Å². The van der Waals surface area contributed by atoms with Gasteiger partial charge < -0.3 is 4.74 Å². The molecule has 0 N–H and O–H groups in total. The van der Waals surface area contributed by atoms with Crippen LogP contribution in [0.25, 0.3) is 0 Å². The summed E-state index contributed by atoms with van der Waals surface area (Å²) in [7, 11) is 0. The molecule has 0 radical (unpaired) electrons. The number of ether oxygens (including phenoxy) is 1. The molecule has 0 fully saturated rings. The van der Waals surface area contributed by atoms with Gasteiger partial charge in [-0.2, -0.15) is 13.2 Å². The summed E-state index contributed by atoms with van der Waals surface area (Å²) in [6.45, 7) is 8.08. The maximum absolute atomic E-state index is 13.5. The van der Waals surface area contributed by atoms with Crippen molar-refractivity contribution in [3.05, 3.63) is 47.2 Å². The molecule has 0 aliphatic heterocycles. The molecule has 0 saturated carbocycles. The number of rotatable bonds is 21. The Kier molecular flexibility index (Phi) is 18.2. The molecule has 1 aromatic rings. The first-order chi connectivity index (χ1) is 18.1. The summed E-state index contributed by atoms with van der Waals surface area (Å²) in [6, 6.07) is 7.46. The van der Waals surface area contributed by atoms with Gasteiger partial charge in [0.1, 0.15) is 0 Å². The summed E-state index contributed by atoms with van der Waals surface area (Å²) in [6.07, 6.45) is 15.8. The molecule has 0 heterocycles. The molecular weight excluding hydrogens is 485 g/mol. The number of allylic oxidation sites excluding steroid dienone is 2. The lowest BCUT2D eigenvalue weighted by Crippen LogP contribution is -2.21. The van der Waals surface area contributed by atoms with Crippen molar-refractivity contribution >= 4 is 5.97 Å². The van der Waals surface area contributed by atoms with Gasteiger partial charge in [0.2, 0.25) is 5.76 Å². The van der Waals surface area contributed by atoms with Crippen LogP contribution in [-0.4, -0.2) is 12.1 Å². The third-order valence-electron chi connectivity index (χ3n) is 7.10. The van der Waals surface area contributed by atoms with Crippen LogP contribution in [0.15, 0.2) is 36.1 Å². The highest BCUT2D eigenvalue weighted by Crippen LogP contribution is 2.30. The molecule has 0 saturated heterocycles. The summed E-state index contributed by atoms with van der Waals surface area (Å²) in [4.78, 5) is 12.5. The second-order valence-corrected chi connectivity index (χ2v) is 11.3. The van der Waals surface area contributed by atoms with Gasteiger partial charge >= 0.3 is 12.1 Å². The molecule has 1 aromatic carbocycles. The minimum Gasteiger partial charge on any atom is -0.421 e. The molecule has 0 bridgehead atoms. The average Bonchev–Trinajstić information content (AvgIpc) is 2.86. The first-order valence-corrected chi connectivity index (χ1v) is 15.2. The number of carbonyl (C=O) groups is 1. The van der Waals surface area contributed by atoms with Crippen molar-refractivity contribution in [1.82, 2.24) is 0 Å². The van der Waals surface area contributed by atoms with Crippen LogP contribution in [0.1, 0.15) is 147 Å². The molecule has 0 aliphatic carbocycles. The van der Waals surface area contributed by atoms with E-state index >= 15 is 0 Å². The number of hydrogen-bond donors (Lipinski definition) is 0. The van der Waals surface area contributed by atoms with E-state index in [1.807, 2.05) is 12.1 Å². The summed E-state index contributed by atoms with van der Waals surface area (Å²) >= 11 is 0. The molecule has 2 nitrogen and oxygen atoms in total. The van der Waals surface area contributed by atoms with E-state index in [0.717, 1.165) is 37.3 Å². The SMILES string of the molecule is CCCCCCCCCCCCCCCCC/C=C(/OC(=O)C(C)c1ccc(CC(C)C)cc1)C(F)(F)F. The van der Waals surface area contributed by atoms with E-state index in [9.17, 15) is 18.0 Å². The second-order valence-electron chi connectivity index (χ2n) is 11.3. The Balaban J connectivity index is 2.26. The Morgan fingerprint density at radius 1 is 0.763 bits per heavy atom. The number of esters is 1. The number of hydrogen-bond acceptors (Lipinski definition) is 2. The molecule has 0 aromatic heterocycles. The lowest BCUT2D eigenvalue weighted by molar-refractivity contribution is -0.161. The van der Waals surface area contributed by atoms with E-state index in [0.29, 0.717) is 17.9 Å². The quantitative estimate of drug-likeness (QED) is 0.0884. The number of alkyl halides is 3. The number of carbonyl (C=O) groups excluding carboxylic acids is 1. The van der Waals surface area contributed by atoms with Crippen molar-refractivity contribution in [2.24, 2.45) is 5.92 Å². The van der Waals surface area contributed by atoms with Crippen molar-refractivity contribution in [3.63, 3.8) is 0 Å². The molecule has 1 unspecified atom stereocenters. The van der Waals surface area contributed by atoms with Crippen LogP contribution in [0.3, 0.4) is 0 Å². The third kappa shape index (κ3) is 16.2. The zero-order valence-corrected chi connectivity index (χ0v) is 24.5. The van der Waals surface area contributed by atoms with Gasteiger partial charge in [-0.3, -0.25) is 4.79 Å². The Morgan fingerprint density at radius 3 is 1.63 bits per heavy atom. The van der Waals surface area contributed by atoms with Crippen molar-refractivity contribution in [3.8, 4) is 0 Å². The fraction of sp³-hybridized carbons (Fsp3) is 0.727. The summed E-state index contributed by atoms with van der Waals surface area (Å²) < 4.78 is 45.3. The van der Waals surface area contributed by atoms with E-state index in [1.165, 1.54) is 70.6 Å². The van der Waals surface area contributed by atoms with Gasteiger partial charge in [0.05, 0.1) is 5.92 Å². The van der Waals surface area contributed by atoms with Crippen LogP contribution in [0, 0.1) is 5.92 Å². The summed E-state index contributed by atoms with van der Waals surface area (Å²) in [5.41, 5.74) is 1.80. The third-order valence-corrected chi connectivity index (χ3v) is 7.10. The first-order valence-electron chi connectivity index (χ1n) is 15.2. The van der Waals surface area contributed by atoms with E-state index in [4.69, 9.17) is 4.74 Å². The molecule has 218 valence electrons.